The highest BCUT2D eigenvalue weighted by Crippen LogP contribution is 2.09. The lowest BCUT2D eigenvalue weighted by Crippen LogP contribution is -2.06. The van der Waals surface area contributed by atoms with Gasteiger partial charge in [0.15, 0.2) is 6.29 Å². The lowest BCUT2D eigenvalue weighted by atomic mass is 10.2. The van der Waals surface area contributed by atoms with Crippen LogP contribution in [0.25, 0.3) is 0 Å². The van der Waals surface area contributed by atoms with E-state index >= 15 is 0 Å². The molecule has 0 spiro atoms. The molecule has 1 aromatic carbocycles. The van der Waals surface area contributed by atoms with Crippen LogP contribution < -0.4 is 0 Å². The molecule has 2 aromatic rings. The molecule has 0 unspecified atom stereocenters. The molecular weight excluding hydrogens is 221 g/mol. The number of nitrogens with zero attached hydrogens (tertiary/aromatic N) is 3. The van der Waals surface area contributed by atoms with E-state index in [0.717, 1.165) is 11.3 Å². The third-order valence-corrected chi connectivity index (χ3v) is 2.54. The van der Waals surface area contributed by atoms with Crippen molar-refractivity contribution in [1.29, 1.82) is 0 Å². The number of rotatable bonds is 4. The minimum Gasteiger partial charge on any atom is -0.296 e. The number of carbonyl (C=O) groups is 1. The Balaban J connectivity index is 2.30. The van der Waals surface area contributed by atoms with Crippen LogP contribution in [-0.2, 0) is 13.0 Å². The molecule has 0 fully saturated rings. The van der Waals surface area contributed by atoms with Gasteiger partial charge >= 0.3 is 0 Å². The second kappa shape index (κ2) is 4.86. The summed E-state index contributed by atoms with van der Waals surface area (Å²) in [6.45, 7) is 2.34. The quantitative estimate of drug-likeness (QED) is 0.757. The Morgan fingerprint density at radius 1 is 1.47 bits per heavy atom. The summed E-state index contributed by atoms with van der Waals surface area (Å²) in [7, 11) is 0. The van der Waals surface area contributed by atoms with Crippen LogP contribution in [0.4, 0.5) is 4.39 Å². The lowest BCUT2D eigenvalue weighted by Gasteiger charge is -2.05. The zero-order valence-electron chi connectivity index (χ0n) is 9.43. The molecular formula is C12H12FN3O. The number of halogens is 1. The Hall–Kier alpha value is -2.04. The second-order valence-corrected chi connectivity index (χ2v) is 3.68. The maximum atomic E-state index is 13.0. The van der Waals surface area contributed by atoms with Gasteiger partial charge in [-0.1, -0.05) is 24.3 Å². The first-order chi connectivity index (χ1) is 8.24. The van der Waals surface area contributed by atoms with E-state index in [-0.39, 0.29) is 5.82 Å². The zero-order valence-corrected chi connectivity index (χ0v) is 9.43. The monoisotopic (exact) mass is 233 g/mol. The molecule has 0 aliphatic heterocycles. The molecule has 0 N–H and O–H groups in total. The van der Waals surface area contributed by atoms with E-state index in [4.69, 9.17) is 0 Å². The zero-order chi connectivity index (χ0) is 12.3. The van der Waals surface area contributed by atoms with Crippen molar-refractivity contribution in [3.05, 3.63) is 47.0 Å². The molecule has 1 heterocycles. The Morgan fingerprint density at radius 3 is 2.94 bits per heavy atom. The van der Waals surface area contributed by atoms with Crippen LogP contribution in [-0.4, -0.2) is 21.3 Å². The van der Waals surface area contributed by atoms with Gasteiger partial charge in [0.2, 0.25) is 0 Å². The van der Waals surface area contributed by atoms with E-state index in [1.807, 2.05) is 13.0 Å². The van der Waals surface area contributed by atoms with E-state index in [9.17, 15) is 9.18 Å². The van der Waals surface area contributed by atoms with Gasteiger partial charge in [0.05, 0.1) is 12.2 Å². The van der Waals surface area contributed by atoms with Crippen LogP contribution in [0.1, 0.15) is 28.7 Å². The van der Waals surface area contributed by atoms with Crippen LogP contribution >= 0.6 is 0 Å². The molecule has 0 saturated carbocycles. The largest absolute Gasteiger partial charge is 0.296 e. The highest BCUT2D eigenvalue weighted by Gasteiger charge is 2.10. The number of aldehydes is 1. The Labute approximate surface area is 98.1 Å². The van der Waals surface area contributed by atoms with Crippen molar-refractivity contribution in [3.63, 3.8) is 0 Å². The summed E-state index contributed by atoms with van der Waals surface area (Å²) >= 11 is 0. The molecule has 4 nitrogen and oxygen atoms in total. The minimum absolute atomic E-state index is 0.281. The number of aromatic nitrogens is 3. The smallest absolute Gasteiger partial charge is 0.172 e. The van der Waals surface area contributed by atoms with Crippen molar-refractivity contribution in [1.82, 2.24) is 15.0 Å². The van der Waals surface area contributed by atoms with Crippen molar-refractivity contribution < 1.29 is 9.18 Å². The van der Waals surface area contributed by atoms with E-state index < -0.39 is 0 Å². The third-order valence-electron chi connectivity index (χ3n) is 2.54. The van der Waals surface area contributed by atoms with Crippen LogP contribution in [0.2, 0.25) is 0 Å². The van der Waals surface area contributed by atoms with Gasteiger partial charge in [-0.2, -0.15) is 0 Å². The summed E-state index contributed by atoms with van der Waals surface area (Å²) in [6.07, 6.45) is 1.35. The van der Waals surface area contributed by atoms with Gasteiger partial charge in [-0.25, -0.2) is 9.07 Å². The Kier molecular flexibility index (Phi) is 3.27. The molecule has 2 rings (SSSR count). The SMILES string of the molecule is CCc1c(C=O)nnn1Cc1cccc(F)c1. The molecule has 17 heavy (non-hydrogen) atoms. The Morgan fingerprint density at radius 2 is 2.29 bits per heavy atom. The first-order valence-corrected chi connectivity index (χ1v) is 5.36. The third kappa shape index (κ3) is 2.38. The number of hydrogen-bond acceptors (Lipinski definition) is 3. The summed E-state index contributed by atoms with van der Waals surface area (Å²) in [6, 6.07) is 6.29. The van der Waals surface area contributed by atoms with Gasteiger partial charge in [0, 0.05) is 0 Å². The van der Waals surface area contributed by atoms with Crippen LogP contribution in [0.15, 0.2) is 24.3 Å². The molecule has 5 heteroatoms. The molecule has 0 amide bonds. The topological polar surface area (TPSA) is 47.8 Å². The van der Waals surface area contributed by atoms with Crippen molar-refractivity contribution in [2.75, 3.05) is 0 Å². The van der Waals surface area contributed by atoms with Gasteiger partial charge in [0.1, 0.15) is 11.5 Å². The van der Waals surface area contributed by atoms with Gasteiger partial charge in [0.25, 0.3) is 0 Å². The fourth-order valence-electron chi connectivity index (χ4n) is 1.74. The molecule has 0 radical (unpaired) electrons. The molecule has 0 aliphatic rings. The number of benzene rings is 1. The fourth-order valence-corrected chi connectivity index (χ4v) is 1.74. The van der Waals surface area contributed by atoms with Crippen molar-refractivity contribution in [2.45, 2.75) is 19.9 Å². The summed E-state index contributed by atoms with van der Waals surface area (Å²) in [5.41, 5.74) is 1.91. The van der Waals surface area contributed by atoms with E-state index in [1.165, 1.54) is 12.1 Å². The van der Waals surface area contributed by atoms with Crippen LogP contribution in [0.3, 0.4) is 0 Å². The lowest BCUT2D eigenvalue weighted by molar-refractivity contribution is 0.111. The van der Waals surface area contributed by atoms with Crippen molar-refractivity contribution in [2.24, 2.45) is 0 Å². The minimum atomic E-state index is -0.281. The molecule has 0 atom stereocenters. The van der Waals surface area contributed by atoms with Gasteiger partial charge in [-0.15, -0.1) is 5.10 Å². The fraction of sp³-hybridized carbons (Fsp3) is 0.250. The van der Waals surface area contributed by atoms with E-state index in [0.29, 0.717) is 24.9 Å². The normalized spacial score (nSPS) is 10.5. The second-order valence-electron chi connectivity index (χ2n) is 3.68. The summed E-state index contributed by atoms with van der Waals surface area (Å²) in [4.78, 5) is 10.7. The van der Waals surface area contributed by atoms with E-state index in [2.05, 4.69) is 10.3 Å². The van der Waals surface area contributed by atoms with Crippen molar-refractivity contribution >= 4 is 6.29 Å². The van der Waals surface area contributed by atoms with Gasteiger partial charge < -0.3 is 0 Å². The number of hydrogen-bond donors (Lipinski definition) is 0. The highest BCUT2D eigenvalue weighted by molar-refractivity contribution is 5.73. The van der Waals surface area contributed by atoms with Crippen molar-refractivity contribution in [3.8, 4) is 0 Å². The average Bonchev–Trinajstić information content (AvgIpc) is 2.71. The molecule has 1 aromatic heterocycles. The first-order valence-electron chi connectivity index (χ1n) is 5.36. The van der Waals surface area contributed by atoms with Crippen LogP contribution in [0.5, 0.6) is 0 Å². The maximum absolute atomic E-state index is 13.0. The molecule has 88 valence electrons. The summed E-state index contributed by atoms with van der Waals surface area (Å²) < 4.78 is 14.6. The maximum Gasteiger partial charge on any atom is 0.172 e. The first kappa shape index (κ1) is 11.4. The Bertz CT molecular complexity index is 536. The van der Waals surface area contributed by atoms with Gasteiger partial charge in [-0.05, 0) is 24.1 Å². The standard InChI is InChI=1S/C12H12FN3O/c1-2-12-11(8-17)14-15-16(12)7-9-4-3-5-10(13)6-9/h3-6,8H,2,7H2,1H3. The number of carbonyl (C=O) groups excluding carboxylic acids is 1. The van der Waals surface area contributed by atoms with E-state index in [1.54, 1.807) is 10.7 Å². The molecule has 0 bridgehead atoms. The molecule has 0 aliphatic carbocycles. The van der Waals surface area contributed by atoms with Gasteiger partial charge in [-0.3, -0.25) is 4.79 Å². The highest BCUT2D eigenvalue weighted by atomic mass is 19.1. The predicted molar refractivity (Wildman–Crippen MR) is 60.3 cm³/mol. The average molecular weight is 233 g/mol. The summed E-state index contributed by atoms with van der Waals surface area (Å²) in [5, 5.41) is 7.67. The predicted octanol–water partition coefficient (Wildman–Crippen LogP) is 1.84. The van der Waals surface area contributed by atoms with Crippen LogP contribution in [0, 0.1) is 5.82 Å². The summed E-state index contributed by atoms with van der Waals surface area (Å²) in [5.74, 6) is -0.281. The molecule has 0 saturated heterocycles.